The summed E-state index contributed by atoms with van der Waals surface area (Å²) in [7, 11) is 0. The summed E-state index contributed by atoms with van der Waals surface area (Å²) >= 11 is 0. The molecule has 0 atom stereocenters. The van der Waals surface area contributed by atoms with Gasteiger partial charge in [0.25, 0.3) is 0 Å². The number of aromatic nitrogens is 1. The summed E-state index contributed by atoms with van der Waals surface area (Å²) in [6.45, 7) is 0. The van der Waals surface area contributed by atoms with E-state index in [0.29, 0.717) is 28.0 Å². The third kappa shape index (κ3) is 3.26. The first kappa shape index (κ1) is 16.0. The van der Waals surface area contributed by atoms with Gasteiger partial charge in [-0.2, -0.15) is 5.26 Å². The number of rotatable bonds is 3. The first-order valence-electron chi connectivity index (χ1n) is 7.54. The van der Waals surface area contributed by atoms with Crippen molar-refractivity contribution in [3.8, 4) is 6.07 Å². The van der Waals surface area contributed by atoms with Gasteiger partial charge in [-0.3, -0.25) is 4.98 Å². The fourth-order valence-corrected chi connectivity index (χ4v) is 2.58. The van der Waals surface area contributed by atoms with Crippen LogP contribution in [0.1, 0.15) is 16.7 Å². The number of nitrogens with two attached hydrogens (primary N) is 3. The second-order valence-electron chi connectivity index (χ2n) is 5.38. The topological polar surface area (TPSA) is 127 Å². The molecular formula is C19H16N6. The first-order valence-corrected chi connectivity index (χ1v) is 7.54. The standard InChI is InChI=1S/C19H16N6/c20-11-15-10-14(9-13-7-4-8-24-17(13)15)16(21)18(25-19(22)23)12-5-2-1-3-6-12/h1-10H,21H2,(H4,22,23,25)/b18-16-. The molecule has 0 amide bonds. The number of aliphatic imine (C=N–C) groups is 1. The first-order chi connectivity index (χ1) is 12.1. The van der Waals surface area contributed by atoms with Gasteiger partial charge in [-0.05, 0) is 18.2 Å². The molecule has 1 aromatic heterocycles. The van der Waals surface area contributed by atoms with E-state index in [1.807, 2.05) is 42.5 Å². The Bertz CT molecular complexity index is 1020. The second kappa shape index (κ2) is 6.72. The highest BCUT2D eigenvalue weighted by molar-refractivity contribution is 5.97. The third-order valence-corrected chi connectivity index (χ3v) is 3.68. The van der Waals surface area contributed by atoms with E-state index in [0.717, 1.165) is 10.9 Å². The van der Waals surface area contributed by atoms with E-state index in [1.165, 1.54) is 0 Å². The Hall–Kier alpha value is -3.85. The minimum Gasteiger partial charge on any atom is -0.396 e. The monoisotopic (exact) mass is 328 g/mol. The predicted octanol–water partition coefficient (Wildman–Crippen LogP) is 2.16. The molecule has 3 aromatic rings. The van der Waals surface area contributed by atoms with Crippen molar-refractivity contribution in [2.45, 2.75) is 0 Å². The van der Waals surface area contributed by atoms with Gasteiger partial charge in [-0.25, -0.2) is 4.99 Å². The van der Waals surface area contributed by atoms with Gasteiger partial charge in [0.2, 0.25) is 0 Å². The highest BCUT2D eigenvalue weighted by Gasteiger charge is 2.12. The molecule has 0 aliphatic carbocycles. The molecule has 0 bridgehead atoms. The molecule has 0 saturated carbocycles. The zero-order chi connectivity index (χ0) is 17.8. The van der Waals surface area contributed by atoms with Crippen LogP contribution in [0.4, 0.5) is 0 Å². The van der Waals surface area contributed by atoms with Gasteiger partial charge in [0, 0.05) is 22.7 Å². The Morgan fingerprint density at radius 3 is 2.40 bits per heavy atom. The molecule has 122 valence electrons. The lowest BCUT2D eigenvalue weighted by molar-refractivity contribution is 1.37. The van der Waals surface area contributed by atoms with Crippen LogP contribution in [0.2, 0.25) is 0 Å². The third-order valence-electron chi connectivity index (χ3n) is 3.68. The van der Waals surface area contributed by atoms with Gasteiger partial charge in [0.05, 0.1) is 22.5 Å². The minimum absolute atomic E-state index is 0.0928. The van der Waals surface area contributed by atoms with E-state index in [-0.39, 0.29) is 5.96 Å². The highest BCUT2D eigenvalue weighted by Crippen LogP contribution is 2.27. The molecule has 0 aliphatic heterocycles. The number of nitriles is 1. The van der Waals surface area contributed by atoms with E-state index >= 15 is 0 Å². The van der Waals surface area contributed by atoms with Crippen LogP contribution in [-0.4, -0.2) is 10.9 Å². The van der Waals surface area contributed by atoms with Crippen molar-refractivity contribution < 1.29 is 0 Å². The maximum atomic E-state index is 9.43. The lowest BCUT2D eigenvalue weighted by Crippen LogP contribution is -2.23. The summed E-state index contributed by atoms with van der Waals surface area (Å²) in [5.41, 5.74) is 20.8. The summed E-state index contributed by atoms with van der Waals surface area (Å²) in [6.07, 6.45) is 1.65. The Morgan fingerprint density at radius 2 is 1.72 bits per heavy atom. The summed E-state index contributed by atoms with van der Waals surface area (Å²) in [4.78, 5) is 8.44. The van der Waals surface area contributed by atoms with Gasteiger partial charge >= 0.3 is 0 Å². The molecule has 6 heteroatoms. The number of hydrogen-bond acceptors (Lipinski definition) is 4. The van der Waals surface area contributed by atoms with Crippen molar-refractivity contribution in [1.82, 2.24) is 4.98 Å². The van der Waals surface area contributed by atoms with Crippen LogP contribution >= 0.6 is 0 Å². The molecule has 0 unspecified atom stereocenters. The number of nitrogens with zero attached hydrogens (tertiary/aromatic N) is 3. The molecule has 6 nitrogen and oxygen atoms in total. The number of pyridine rings is 1. The number of fused-ring (bicyclic) bond motifs is 1. The van der Waals surface area contributed by atoms with Gasteiger partial charge < -0.3 is 17.2 Å². The van der Waals surface area contributed by atoms with Crippen molar-refractivity contribution in [3.63, 3.8) is 0 Å². The number of hydrogen-bond donors (Lipinski definition) is 3. The Kier molecular flexibility index (Phi) is 4.31. The zero-order valence-corrected chi connectivity index (χ0v) is 13.3. The van der Waals surface area contributed by atoms with Gasteiger partial charge in [-0.15, -0.1) is 0 Å². The fourth-order valence-electron chi connectivity index (χ4n) is 2.58. The van der Waals surface area contributed by atoms with E-state index in [1.54, 1.807) is 18.3 Å². The van der Waals surface area contributed by atoms with E-state index in [4.69, 9.17) is 17.2 Å². The Labute approximate surface area is 144 Å². The molecule has 25 heavy (non-hydrogen) atoms. The normalized spacial score (nSPS) is 11.5. The van der Waals surface area contributed by atoms with Crippen molar-refractivity contribution in [1.29, 1.82) is 5.26 Å². The van der Waals surface area contributed by atoms with Crippen molar-refractivity contribution >= 4 is 28.3 Å². The lowest BCUT2D eigenvalue weighted by Gasteiger charge is -2.11. The number of guanidine groups is 1. The SMILES string of the molecule is N#Cc1cc(/C(N)=C(/N=C(N)N)c2ccccc2)cc2cccnc12. The van der Waals surface area contributed by atoms with Gasteiger partial charge in [0.1, 0.15) is 6.07 Å². The van der Waals surface area contributed by atoms with Crippen LogP contribution in [0.25, 0.3) is 22.3 Å². The summed E-state index contributed by atoms with van der Waals surface area (Å²) in [5, 5.41) is 10.2. The van der Waals surface area contributed by atoms with Crippen LogP contribution in [0.15, 0.2) is 65.8 Å². The van der Waals surface area contributed by atoms with Crippen LogP contribution in [0, 0.1) is 11.3 Å². The lowest BCUT2D eigenvalue weighted by atomic mass is 10.0. The highest BCUT2D eigenvalue weighted by atomic mass is 15.0. The molecule has 0 aliphatic rings. The molecule has 1 heterocycles. The fraction of sp³-hybridized carbons (Fsp3) is 0. The average molecular weight is 328 g/mol. The van der Waals surface area contributed by atoms with Crippen molar-refractivity contribution in [2.75, 3.05) is 0 Å². The van der Waals surface area contributed by atoms with Crippen LogP contribution in [-0.2, 0) is 0 Å². The molecule has 0 spiro atoms. The van der Waals surface area contributed by atoms with Crippen molar-refractivity contribution in [3.05, 3.63) is 77.5 Å². The second-order valence-corrected chi connectivity index (χ2v) is 5.38. The summed E-state index contributed by atoms with van der Waals surface area (Å²) < 4.78 is 0. The molecule has 0 radical (unpaired) electrons. The van der Waals surface area contributed by atoms with Gasteiger partial charge in [0.15, 0.2) is 5.96 Å². The van der Waals surface area contributed by atoms with E-state index in [2.05, 4.69) is 16.0 Å². The minimum atomic E-state index is -0.0928. The number of benzene rings is 2. The molecular weight excluding hydrogens is 312 g/mol. The molecule has 0 fully saturated rings. The average Bonchev–Trinajstić information content (AvgIpc) is 2.65. The van der Waals surface area contributed by atoms with Crippen LogP contribution in [0.3, 0.4) is 0 Å². The maximum Gasteiger partial charge on any atom is 0.191 e. The predicted molar refractivity (Wildman–Crippen MR) is 99.7 cm³/mol. The van der Waals surface area contributed by atoms with Crippen LogP contribution in [0.5, 0.6) is 0 Å². The van der Waals surface area contributed by atoms with E-state index < -0.39 is 0 Å². The molecule has 0 saturated heterocycles. The summed E-state index contributed by atoms with van der Waals surface area (Å²) in [6, 6.07) is 18.8. The smallest absolute Gasteiger partial charge is 0.191 e. The van der Waals surface area contributed by atoms with Crippen LogP contribution < -0.4 is 17.2 Å². The van der Waals surface area contributed by atoms with Gasteiger partial charge in [-0.1, -0.05) is 36.4 Å². The molecule has 3 rings (SSSR count). The van der Waals surface area contributed by atoms with E-state index in [9.17, 15) is 5.26 Å². The largest absolute Gasteiger partial charge is 0.396 e. The maximum absolute atomic E-state index is 9.43. The molecule has 6 N–H and O–H groups in total. The Balaban J connectivity index is 2.28. The zero-order valence-electron chi connectivity index (χ0n) is 13.3. The summed E-state index contributed by atoms with van der Waals surface area (Å²) in [5.74, 6) is -0.0928. The molecule has 2 aromatic carbocycles. The van der Waals surface area contributed by atoms with Crippen molar-refractivity contribution in [2.24, 2.45) is 22.2 Å². The quantitative estimate of drug-likeness (QED) is 0.386. The Morgan fingerprint density at radius 1 is 0.960 bits per heavy atom.